The van der Waals surface area contributed by atoms with Gasteiger partial charge in [0.2, 0.25) is 5.88 Å². The zero-order valence-corrected chi connectivity index (χ0v) is 16.9. The lowest BCUT2D eigenvalue weighted by Crippen LogP contribution is -2.00. The van der Waals surface area contributed by atoms with Crippen molar-refractivity contribution in [1.82, 2.24) is 15.0 Å². The Morgan fingerprint density at radius 1 is 0.966 bits per heavy atom. The summed E-state index contributed by atoms with van der Waals surface area (Å²) in [6.07, 6.45) is 3.05. The van der Waals surface area contributed by atoms with Gasteiger partial charge >= 0.3 is 0 Å². The van der Waals surface area contributed by atoms with Gasteiger partial charge in [-0.3, -0.25) is 4.98 Å². The molecule has 0 saturated carbocycles. The molecule has 0 bridgehead atoms. The summed E-state index contributed by atoms with van der Waals surface area (Å²) in [7, 11) is 1.54. The molecule has 0 amide bonds. The van der Waals surface area contributed by atoms with Crippen LogP contribution in [0.25, 0.3) is 10.9 Å². The van der Waals surface area contributed by atoms with E-state index in [4.69, 9.17) is 14.2 Å². The molecule has 6 nitrogen and oxygen atoms in total. The first-order chi connectivity index (χ1) is 14.1. The Morgan fingerprint density at radius 2 is 1.86 bits per heavy atom. The SMILES string of the molecule is COc1cc2c(Oc3ccc(Br)cc3F)ncnc2cc1OCc1ccccn1. The van der Waals surface area contributed by atoms with Crippen molar-refractivity contribution in [2.45, 2.75) is 6.61 Å². The predicted molar refractivity (Wildman–Crippen MR) is 109 cm³/mol. The first-order valence-corrected chi connectivity index (χ1v) is 9.41. The van der Waals surface area contributed by atoms with Gasteiger partial charge in [0.25, 0.3) is 0 Å². The zero-order chi connectivity index (χ0) is 20.2. The lowest BCUT2D eigenvalue weighted by atomic mass is 10.2. The van der Waals surface area contributed by atoms with Crippen molar-refractivity contribution in [3.8, 4) is 23.1 Å². The highest BCUT2D eigenvalue weighted by atomic mass is 79.9. The fourth-order valence-corrected chi connectivity index (χ4v) is 3.02. The molecule has 0 aliphatic carbocycles. The molecular formula is C21H15BrFN3O3. The summed E-state index contributed by atoms with van der Waals surface area (Å²) in [5, 5.41) is 0.567. The molecule has 2 aromatic heterocycles. The number of hydrogen-bond donors (Lipinski definition) is 0. The van der Waals surface area contributed by atoms with Gasteiger partial charge in [-0.25, -0.2) is 14.4 Å². The Bertz CT molecular complexity index is 1160. The van der Waals surface area contributed by atoms with Gasteiger partial charge in [0.1, 0.15) is 12.9 Å². The van der Waals surface area contributed by atoms with E-state index in [1.807, 2.05) is 18.2 Å². The number of rotatable bonds is 6. The smallest absolute Gasteiger partial charge is 0.230 e. The normalized spacial score (nSPS) is 10.7. The van der Waals surface area contributed by atoms with Gasteiger partial charge in [-0.15, -0.1) is 0 Å². The minimum atomic E-state index is -0.506. The van der Waals surface area contributed by atoms with Crippen molar-refractivity contribution in [2.75, 3.05) is 7.11 Å². The average Bonchev–Trinajstić information content (AvgIpc) is 2.74. The van der Waals surface area contributed by atoms with Crippen LogP contribution in [0.15, 0.2) is 65.5 Å². The van der Waals surface area contributed by atoms with Crippen molar-refractivity contribution in [3.05, 3.63) is 77.0 Å². The van der Waals surface area contributed by atoms with E-state index in [0.29, 0.717) is 26.9 Å². The lowest BCUT2D eigenvalue weighted by Gasteiger charge is -2.13. The van der Waals surface area contributed by atoms with Crippen LogP contribution in [0.5, 0.6) is 23.1 Å². The number of fused-ring (bicyclic) bond motifs is 1. The van der Waals surface area contributed by atoms with Crippen molar-refractivity contribution >= 4 is 26.8 Å². The first-order valence-electron chi connectivity index (χ1n) is 8.62. The molecule has 0 unspecified atom stereocenters. The summed E-state index contributed by atoms with van der Waals surface area (Å²) in [4.78, 5) is 12.7. The van der Waals surface area contributed by atoms with Crippen LogP contribution in [0.2, 0.25) is 0 Å². The topological polar surface area (TPSA) is 66.4 Å². The molecule has 0 N–H and O–H groups in total. The molecule has 2 heterocycles. The highest BCUT2D eigenvalue weighted by molar-refractivity contribution is 9.10. The average molecular weight is 456 g/mol. The van der Waals surface area contributed by atoms with E-state index >= 15 is 0 Å². The highest BCUT2D eigenvalue weighted by Gasteiger charge is 2.15. The third kappa shape index (κ3) is 4.27. The highest BCUT2D eigenvalue weighted by Crippen LogP contribution is 2.37. The molecule has 0 fully saturated rings. The maximum Gasteiger partial charge on any atom is 0.230 e. The number of halogens is 2. The monoisotopic (exact) mass is 455 g/mol. The third-order valence-electron chi connectivity index (χ3n) is 4.09. The Balaban J connectivity index is 1.67. The summed E-state index contributed by atoms with van der Waals surface area (Å²) in [6, 6.07) is 13.6. The largest absolute Gasteiger partial charge is 0.493 e. The van der Waals surface area contributed by atoms with Crippen molar-refractivity contribution < 1.29 is 18.6 Å². The van der Waals surface area contributed by atoms with Gasteiger partial charge in [-0.05, 0) is 36.4 Å². The fourth-order valence-electron chi connectivity index (χ4n) is 2.69. The van der Waals surface area contributed by atoms with Gasteiger partial charge in [-0.2, -0.15) is 0 Å². The molecule has 0 spiro atoms. The second kappa shape index (κ2) is 8.40. The van der Waals surface area contributed by atoms with Crippen molar-refractivity contribution in [1.29, 1.82) is 0 Å². The van der Waals surface area contributed by atoms with E-state index in [0.717, 1.165) is 5.69 Å². The molecule has 0 aliphatic heterocycles. The van der Waals surface area contributed by atoms with Gasteiger partial charge in [0, 0.05) is 16.7 Å². The molecule has 146 valence electrons. The minimum Gasteiger partial charge on any atom is -0.493 e. The first kappa shape index (κ1) is 19.1. The molecule has 4 rings (SSSR count). The van der Waals surface area contributed by atoms with Crippen LogP contribution in [0.1, 0.15) is 5.69 Å². The Labute approximate surface area is 174 Å². The lowest BCUT2D eigenvalue weighted by molar-refractivity contribution is 0.281. The third-order valence-corrected chi connectivity index (χ3v) is 4.58. The number of ether oxygens (including phenoxy) is 3. The molecule has 0 aliphatic rings. The number of benzene rings is 2. The van der Waals surface area contributed by atoms with E-state index in [9.17, 15) is 4.39 Å². The number of pyridine rings is 1. The molecule has 4 aromatic rings. The molecular weight excluding hydrogens is 441 g/mol. The van der Waals surface area contributed by atoms with Crippen LogP contribution in [0, 0.1) is 5.82 Å². The second-order valence-electron chi connectivity index (χ2n) is 5.99. The van der Waals surface area contributed by atoms with Crippen LogP contribution in [-0.2, 0) is 6.61 Å². The Morgan fingerprint density at radius 3 is 2.62 bits per heavy atom. The van der Waals surface area contributed by atoms with Crippen molar-refractivity contribution in [2.24, 2.45) is 0 Å². The maximum absolute atomic E-state index is 14.2. The van der Waals surface area contributed by atoms with E-state index in [2.05, 4.69) is 30.9 Å². The molecule has 8 heteroatoms. The predicted octanol–water partition coefficient (Wildman–Crippen LogP) is 5.31. The van der Waals surface area contributed by atoms with Crippen LogP contribution in [-0.4, -0.2) is 22.1 Å². The minimum absolute atomic E-state index is 0.0580. The van der Waals surface area contributed by atoms with E-state index in [1.54, 1.807) is 24.4 Å². The number of nitrogens with zero attached hydrogens (tertiary/aromatic N) is 3. The zero-order valence-electron chi connectivity index (χ0n) is 15.3. The van der Waals surface area contributed by atoms with Gasteiger partial charge in [0.15, 0.2) is 23.1 Å². The molecule has 2 aromatic carbocycles. The number of aromatic nitrogens is 3. The molecule has 0 saturated heterocycles. The fraction of sp³-hybridized carbons (Fsp3) is 0.0952. The van der Waals surface area contributed by atoms with Gasteiger partial charge < -0.3 is 14.2 Å². The van der Waals surface area contributed by atoms with E-state index < -0.39 is 5.82 Å². The Hall–Kier alpha value is -3.26. The van der Waals surface area contributed by atoms with Crippen LogP contribution < -0.4 is 14.2 Å². The number of hydrogen-bond acceptors (Lipinski definition) is 6. The summed E-state index contributed by atoms with van der Waals surface area (Å²) in [5.41, 5.74) is 1.36. The number of methoxy groups -OCH3 is 1. The van der Waals surface area contributed by atoms with Gasteiger partial charge in [0.05, 0.1) is 23.7 Å². The van der Waals surface area contributed by atoms with Crippen LogP contribution in [0.3, 0.4) is 0 Å². The van der Waals surface area contributed by atoms with Gasteiger partial charge in [-0.1, -0.05) is 22.0 Å². The van der Waals surface area contributed by atoms with Crippen LogP contribution >= 0.6 is 15.9 Å². The summed E-state index contributed by atoms with van der Waals surface area (Å²) in [6.45, 7) is 0.279. The van der Waals surface area contributed by atoms with E-state index in [1.165, 1.54) is 25.6 Å². The van der Waals surface area contributed by atoms with E-state index in [-0.39, 0.29) is 18.2 Å². The van der Waals surface area contributed by atoms with Crippen molar-refractivity contribution in [3.63, 3.8) is 0 Å². The Kier molecular flexibility index (Phi) is 5.53. The molecule has 0 radical (unpaired) electrons. The second-order valence-corrected chi connectivity index (χ2v) is 6.90. The maximum atomic E-state index is 14.2. The standard InChI is InChI=1S/C21H15BrFN3O3/c1-27-19-9-15-17(10-20(19)28-11-14-4-2-3-7-24-14)25-12-26-21(15)29-18-6-5-13(22)8-16(18)23/h2-10,12H,11H2,1H3. The molecule has 0 atom stereocenters. The summed E-state index contributed by atoms with van der Waals surface area (Å²) < 4.78 is 31.8. The van der Waals surface area contributed by atoms with Crippen LogP contribution in [0.4, 0.5) is 4.39 Å². The summed E-state index contributed by atoms with van der Waals surface area (Å²) in [5.74, 6) is 0.747. The quantitative estimate of drug-likeness (QED) is 0.392. The summed E-state index contributed by atoms with van der Waals surface area (Å²) >= 11 is 3.22. The molecule has 29 heavy (non-hydrogen) atoms.